The molecule has 1 aliphatic rings. The number of carbonyl (C=O) groups excluding carboxylic acids is 2. The highest BCUT2D eigenvalue weighted by Crippen LogP contribution is 2.15. The second-order valence-electron chi connectivity index (χ2n) is 3.24. The minimum atomic E-state index is -0.907. The van der Waals surface area contributed by atoms with Crippen LogP contribution in [0.15, 0.2) is 0 Å². The number of hydrogen-bond acceptors (Lipinski definition) is 5. The third-order valence-electron chi connectivity index (χ3n) is 2.24. The van der Waals surface area contributed by atoms with E-state index in [0.717, 1.165) is 0 Å². The van der Waals surface area contributed by atoms with E-state index in [4.69, 9.17) is 4.74 Å². The van der Waals surface area contributed by atoms with Crippen molar-refractivity contribution in [2.24, 2.45) is 0 Å². The molecule has 1 N–H and O–H groups in total. The van der Waals surface area contributed by atoms with Crippen molar-refractivity contribution in [1.29, 1.82) is 0 Å². The fourth-order valence-electron chi connectivity index (χ4n) is 1.58. The molecule has 0 spiro atoms. The predicted octanol–water partition coefficient (Wildman–Crippen LogP) is -0.697. The molecular weight excluding hydrogens is 185 g/mol. The van der Waals surface area contributed by atoms with E-state index in [1.165, 1.54) is 11.6 Å². The van der Waals surface area contributed by atoms with Gasteiger partial charge in [0.2, 0.25) is 0 Å². The van der Waals surface area contributed by atoms with Crippen molar-refractivity contribution in [3.05, 3.63) is 0 Å². The highest BCUT2D eigenvalue weighted by Gasteiger charge is 2.42. The maximum absolute atomic E-state index is 11.4. The van der Waals surface area contributed by atoms with E-state index in [1.54, 1.807) is 6.92 Å². The lowest BCUT2D eigenvalue weighted by atomic mass is 9.84. The fourth-order valence-corrected chi connectivity index (χ4v) is 1.58. The molecule has 1 saturated heterocycles. The molecule has 6 heteroatoms. The van der Waals surface area contributed by atoms with Gasteiger partial charge in [0.1, 0.15) is 0 Å². The second-order valence-corrected chi connectivity index (χ2v) is 3.24. The topological polar surface area (TPSA) is 66.8 Å². The average molecular weight is 199 g/mol. The molecule has 14 heavy (non-hydrogen) atoms. The normalized spacial score (nSPS) is 22.5. The van der Waals surface area contributed by atoms with E-state index in [1.807, 2.05) is 0 Å². The summed E-state index contributed by atoms with van der Waals surface area (Å²) in [6.45, 7) is 3.88. The van der Waals surface area contributed by atoms with Gasteiger partial charge in [-0.25, -0.2) is 4.79 Å². The van der Waals surface area contributed by atoms with Gasteiger partial charge in [0.15, 0.2) is 11.8 Å². The molecule has 0 amide bonds. The van der Waals surface area contributed by atoms with Gasteiger partial charge in [0.05, 0.1) is 6.61 Å². The number of esters is 1. The third kappa shape index (κ3) is 2.13. The lowest BCUT2D eigenvalue weighted by Gasteiger charge is -2.21. The fraction of sp³-hybridized carbons (Fsp3) is 0.750. The van der Waals surface area contributed by atoms with Crippen molar-refractivity contribution in [1.82, 2.24) is 4.81 Å². The van der Waals surface area contributed by atoms with Crippen LogP contribution in [0.4, 0.5) is 0 Å². The van der Waals surface area contributed by atoms with E-state index in [2.05, 4.69) is 0 Å². The quantitative estimate of drug-likeness (QED) is 0.370. The summed E-state index contributed by atoms with van der Waals surface area (Å²) < 4.78 is 4.76. The van der Waals surface area contributed by atoms with Gasteiger partial charge in [-0.3, -0.25) is 9.61 Å². The van der Waals surface area contributed by atoms with Gasteiger partial charge >= 0.3 is 13.0 Å². The van der Waals surface area contributed by atoms with Crippen LogP contribution < -0.4 is 0 Å². The maximum Gasteiger partial charge on any atom is 0.377 e. The smallest absolute Gasteiger partial charge is 0.377 e. The molecule has 0 aromatic rings. The summed E-state index contributed by atoms with van der Waals surface area (Å²) in [6, 6.07) is -0.907. The summed E-state index contributed by atoms with van der Waals surface area (Å²) in [5.41, 5.74) is 0. The van der Waals surface area contributed by atoms with Crippen molar-refractivity contribution >= 4 is 18.8 Å². The summed E-state index contributed by atoms with van der Waals surface area (Å²) in [7, 11) is -0.796. The Morgan fingerprint density at radius 1 is 1.79 bits per heavy atom. The van der Waals surface area contributed by atoms with Crippen LogP contribution in [0.1, 0.15) is 13.3 Å². The van der Waals surface area contributed by atoms with E-state index >= 15 is 0 Å². The van der Waals surface area contributed by atoms with Crippen LogP contribution in [0.25, 0.3) is 0 Å². The van der Waals surface area contributed by atoms with Crippen molar-refractivity contribution in [3.63, 3.8) is 0 Å². The summed E-state index contributed by atoms with van der Waals surface area (Å²) in [4.78, 5) is 24.2. The van der Waals surface area contributed by atoms with Gasteiger partial charge in [-0.2, -0.15) is 0 Å². The lowest BCUT2D eigenvalue weighted by Crippen LogP contribution is -2.48. The first-order valence-corrected chi connectivity index (χ1v) is 4.71. The first-order chi connectivity index (χ1) is 6.57. The van der Waals surface area contributed by atoms with Crippen LogP contribution in [0.5, 0.6) is 0 Å². The Balaban J connectivity index is 2.71. The van der Waals surface area contributed by atoms with E-state index in [0.29, 0.717) is 13.0 Å². The van der Waals surface area contributed by atoms with Crippen LogP contribution in [0.2, 0.25) is 6.82 Å². The molecule has 1 atom stereocenters. The number of carbonyl (C=O) groups is 2. The molecule has 78 valence electrons. The van der Waals surface area contributed by atoms with E-state index < -0.39 is 19.1 Å². The van der Waals surface area contributed by atoms with Crippen LogP contribution in [0.3, 0.4) is 0 Å². The molecule has 0 aromatic heterocycles. The van der Waals surface area contributed by atoms with Crippen molar-refractivity contribution < 1.29 is 19.3 Å². The number of Topliss-reactive ketones (excluding diaryl/α,β-unsaturated/α-hetero) is 1. The summed E-state index contributed by atoms with van der Waals surface area (Å²) in [5.74, 6) is -0.736. The molecule has 5 nitrogen and oxygen atoms in total. The molecule has 1 fully saturated rings. The Kier molecular flexibility index (Phi) is 3.65. The van der Waals surface area contributed by atoms with Gasteiger partial charge in [0, 0.05) is 6.42 Å². The van der Waals surface area contributed by atoms with Gasteiger partial charge in [0.25, 0.3) is 0 Å². The molecule has 0 radical (unpaired) electrons. The molecule has 0 aromatic carbocycles. The van der Waals surface area contributed by atoms with Crippen LogP contribution in [-0.4, -0.2) is 47.8 Å². The SMILES string of the molecule is CCOC(=O)C1C(=O)CCN1B(C)O. The molecule has 0 bridgehead atoms. The second kappa shape index (κ2) is 4.57. The minimum Gasteiger partial charge on any atom is -0.465 e. The van der Waals surface area contributed by atoms with Gasteiger partial charge in [-0.1, -0.05) is 0 Å². The molecule has 0 saturated carbocycles. The Bertz CT molecular complexity index is 243. The summed E-state index contributed by atoms with van der Waals surface area (Å²) in [6.07, 6.45) is 0.300. The summed E-state index contributed by atoms with van der Waals surface area (Å²) in [5, 5.41) is 9.32. The highest BCUT2D eigenvalue weighted by molar-refractivity contribution is 6.46. The zero-order valence-electron chi connectivity index (χ0n) is 8.40. The zero-order chi connectivity index (χ0) is 10.7. The minimum absolute atomic E-state index is 0.177. The van der Waals surface area contributed by atoms with E-state index in [-0.39, 0.29) is 12.4 Å². The zero-order valence-corrected chi connectivity index (χ0v) is 8.40. The molecule has 1 aliphatic heterocycles. The predicted molar refractivity (Wildman–Crippen MR) is 50.6 cm³/mol. The lowest BCUT2D eigenvalue weighted by molar-refractivity contribution is -0.149. The van der Waals surface area contributed by atoms with E-state index in [9.17, 15) is 14.6 Å². The summed E-state index contributed by atoms with van der Waals surface area (Å²) >= 11 is 0. The molecule has 1 heterocycles. The standard InChI is InChI=1S/C8H14BNO4/c1-3-14-8(12)7-6(11)4-5-10(7)9(2)13/h7,13H,3-5H2,1-2H3. The van der Waals surface area contributed by atoms with Crippen LogP contribution >= 0.6 is 0 Å². The number of nitrogens with zero attached hydrogens (tertiary/aromatic N) is 1. The molecule has 1 unspecified atom stereocenters. The Morgan fingerprint density at radius 2 is 2.43 bits per heavy atom. The van der Waals surface area contributed by atoms with Gasteiger partial charge in [-0.05, 0) is 20.3 Å². The number of hydrogen-bond donors (Lipinski definition) is 1. The Morgan fingerprint density at radius 3 is 2.93 bits per heavy atom. The first kappa shape index (κ1) is 11.2. The highest BCUT2D eigenvalue weighted by atomic mass is 16.5. The number of ketones is 1. The van der Waals surface area contributed by atoms with Gasteiger partial charge < -0.3 is 9.76 Å². The first-order valence-electron chi connectivity index (χ1n) is 4.71. The molecule has 0 aliphatic carbocycles. The largest absolute Gasteiger partial charge is 0.465 e. The molecular formula is C8H14BNO4. The van der Waals surface area contributed by atoms with Crippen LogP contribution in [0, 0.1) is 0 Å². The average Bonchev–Trinajstić information content (AvgIpc) is 2.47. The monoisotopic (exact) mass is 199 g/mol. The third-order valence-corrected chi connectivity index (χ3v) is 2.24. The van der Waals surface area contributed by atoms with Crippen molar-refractivity contribution in [2.45, 2.75) is 26.2 Å². The Labute approximate surface area is 83.2 Å². The molecule has 1 rings (SSSR count). The van der Waals surface area contributed by atoms with Gasteiger partial charge in [-0.15, -0.1) is 0 Å². The number of ether oxygens (including phenoxy) is 1. The van der Waals surface area contributed by atoms with Crippen LogP contribution in [-0.2, 0) is 14.3 Å². The Hall–Kier alpha value is -0.875. The number of rotatable bonds is 3. The maximum atomic E-state index is 11.4. The van der Waals surface area contributed by atoms with Crippen molar-refractivity contribution in [2.75, 3.05) is 13.2 Å². The van der Waals surface area contributed by atoms with Crippen molar-refractivity contribution in [3.8, 4) is 0 Å².